The highest BCUT2D eigenvalue weighted by atomic mass is 19.1. The number of rotatable bonds is 5. The first-order valence-corrected chi connectivity index (χ1v) is 6.73. The number of hydrogen-bond donors (Lipinski definition) is 1. The molecule has 0 aliphatic carbocycles. The summed E-state index contributed by atoms with van der Waals surface area (Å²) >= 11 is 0. The molecule has 0 aliphatic rings. The van der Waals surface area contributed by atoms with E-state index in [2.05, 4.69) is 5.32 Å². The van der Waals surface area contributed by atoms with Crippen LogP contribution in [0, 0.1) is 12.7 Å². The molecule has 1 atom stereocenters. The predicted molar refractivity (Wildman–Crippen MR) is 79.2 cm³/mol. The Bertz CT molecular complexity index is 613. The minimum absolute atomic E-state index is 0.260. The molecule has 0 heterocycles. The van der Waals surface area contributed by atoms with Crippen LogP contribution in [0.15, 0.2) is 48.5 Å². The Labute approximate surface area is 123 Å². The fraction of sp³-hybridized carbons (Fsp3) is 0.235. The third kappa shape index (κ3) is 3.89. The number of ether oxygens (including phenoxy) is 1. The number of esters is 1. The Kier molecular flexibility index (Phi) is 5.06. The van der Waals surface area contributed by atoms with Crippen LogP contribution in [0.3, 0.4) is 0 Å². The van der Waals surface area contributed by atoms with E-state index >= 15 is 0 Å². The third-order valence-electron chi connectivity index (χ3n) is 3.37. The molecule has 2 aromatic carbocycles. The number of aryl methyl sites for hydroxylation is 1. The van der Waals surface area contributed by atoms with E-state index in [1.165, 1.54) is 19.2 Å². The van der Waals surface area contributed by atoms with Crippen LogP contribution in [0.5, 0.6) is 0 Å². The van der Waals surface area contributed by atoms with Gasteiger partial charge in [0.15, 0.2) is 0 Å². The smallest absolute Gasteiger partial charge is 0.327 e. The standard InChI is InChI=1S/C17H18FNO2/c1-12-10-15(18)9-8-14(12)11-19-16(17(20)21-2)13-6-4-3-5-7-13/h3-10,16,19H,11H2,1-2H3. The minimum Gasteiger partial charge on any atom is -0.468 e. The molecular formula is C17H18FNO2. The fourth-order valence-electron chi connectivity index (χ4n) is 2.17. The molecule has 0 fully saturated rings. The summed E-state index contributed by atoms with van der Waals surface area (Å²) in [5.74, 6) is -0.607. The molecule has 110 valence electrons. The van der Waals surface area contributed by atoms with Crippen LogP contribution in [0.4, 0.5) is 4.39 Å². The highest BCUT2D eigenvalue weighted by Gasteiger charge is 2.20. The maximum atomic E-state index is 13.1. The predicted octanol–water partition coefficient (Wildman–Crippen LogP) is 3.14. The number of methoxy groups -OCH3 is 1. The average Bonchev–Trinajstić information content (AvgIpc) is 2.50. The molecule has 2 rings (SSSR count). The highest BCUT2D eigenvalue weighted by Crippen LogP contribution is 2.16. The Morgan fingerprint density at radius 2 is 1.95 bits per heavy atom. The van der Waals surface area contributed by atoms with Crippen molar-refractivity contribution in [3.05, 3.63) is 71.0 Å². The number of carbonyl (C=O) groups is 1. The van der Waals surface area contributed by atoms with Crippen LogP contribution in [0.1, 0.15) is 22.7 Å². The van der Waals surface area contributed by atoms with E-state index in [0.717, 1.165) is 16.7 Å². The molecule has 1 N–H and O–H groups in total. The zero-order valence-corrected chi connectivity index (χ0v) is 12.1. The van der Waals surface area contributed by atoms with Crippen LogP contribution >= 0.6 is 0 Å². The van der Waals surface area contributed by atoms with Crippen LogP contribution in [0.2, 0.25) is 0 Å². The maximum absolute atomic E-state index is 13.1. The van der Waals surface area contributed by atoms with Gasteiger partial charge in [-0.15, -0.1) is 0 Å². The van der Waals surface area contributed by atoms with Gasteiger partial charge >= 0.3 is 5.97 Å². The normalized spacial score (nSPS) is 12.0. The van der Waals surface area contributed by atoms with E-state index in [-0.39, 0.29) is 11.8 Å². The van der Waals surface area contributed by atoms with E-state index in [4.69, 9.17) is 4.74 Å². The van der Waals surface area contributed by atoms with Gasteiger partial charge in [0.1, 0.15) is 11.9 Å². The lowest BCUT2D eigenvalue weighted by molar-refractivity contribution is -0.143. The SMILES string of the molecule is COC(=O)C(NCc1ccc(F)cc1C)c1ccccc1. The molecule has 2 aromatic rings. The Morgan fingerprint density at radius 1 is 1.24 bits per heavy atom. The summed E-state index contributed by atoms with van der Waals surface area (Å²) in [5, 5.41) is 3.17. The lowest BCUT2D eigenvalue weighted by Gasteiger charge is -2.17. The van der Waals surface area contributed by atoms with Crippen molar-refractivity contribution >= 4 is 5.97 Å². The van der Waals surface area contributed by atoms with Crippen molar-refractivity contribution in [1.82, 2.24) is 5.32 Å². The van der Waals surface area contributed by atoms with Gasteiger partial charge in [-0.2, -0.15) is 0 Å². The van der Waals surface area contributed by atoms with E-state index < -0.39 is 6.04 Å². The van der Waals surface area contributed by atoms with Crippen molar-refractivity contribution in [3.63, 3.8) is 0 Å². The molecule has 0 saturated carbocycles. The van der Waals surface area contributed by atoms with Gasteiger partial charge < -0.3 is 4.74 Å². The van der Waals surface area contributed by atoms with E-state index in [9.17, 15) is 9.18 Å². The molecule has 4 heteroatoms. The van der Waals surface area contributed by atoms with Crippen LogP contribution < -0.4 is 5.32 Å². The maximum Gasteiger partial charge on any atom is 0.327 e. The second kappa shape index (κ2) is 6.99. The van der Waals surface area contributed by atoms with Gasteiger partial charge in [0.2, 0.25) is 0 Å². The van der Waals surface area contributed by atoms with E-state index in [1.807, 2.05) is 37.3 Å². The number of nitrogens with one attached hydrogen (secondary N) is 1. The molecular weight excluding hydrogens is 269 g/mol. The highest BCUT2D eigenvalue weighted by molar-refractivity contribution is 5.77. The van der Waals surface area contributed by atoms with Crippen molar-refractivity contribution < 1.29 is 13.9 Å². The fourth-order valence-corrected chi connectivity index (χ4v) is 2.17. The Morgan fingerprint density at radius 3 is 2.57 bits per heavy atom. The summed E-state index contributed by atoms with van der Waals surface area (Å²) in [6.45, 7) is 2.30. The quantitative estimate of drug-likeness (QED) is 0.859. The number of halogens is 1. The first kappa shape index (κ1) is 15.2. The van der Waals surface area contributed by atoms with E-state index in [0.29, 0.717) is 6.54 Å². The Balaban J connectivity index is 2.15. The second-order valence-corrected chi connectivity index (χ2v) is 4.82. The molecule has 1 unspecified atom stereocenters. The number of hydrogen-bond acceptors (Lipinski definition) is 3. The molecule has 0 amide bonds. The molecule has 0 bridgehead atoms. The van der Waals surface area contributed by atoms with Crippen molar-refractivity contribution in [1.29, 1.82) is 0 Å². The molecule has 0 spiro atoms. The summed E-state index contributed by atoms with van der Waals surface area (Å²) in [5.41, 5.74) is 2.63. The lowest BCUT2D eigenvalue weighted by atomic mass is 10.1. The Hall–Kier alpha value is -2.20. The van der Waals surface area contributed by atoms with Gasteiger partial charge in [-0.1, -0.05) is 36.4 Å². The summed E-state index contributed by atoms with van der Waals surface area (Å²) in [7, 11) is 1.36. The van der Waals surface area contributed by atoms with Crippen molar-refractivity contribution in [2.24, 2.45) is 0 Å². The first-order valence-electron chi connectivity index (χ1n) is 6.73. The summed E-state index contributed by atoms with van der Waals surface area (Å²) < 4.78 is 17.9. The van der Waals surface area contributed by atoms with E-state index in [1.54, 1.807) is 6.07 Å². The molecule has 3 nitrogen and oxygen atoms in total. The van der Waals surface area contributed by atoms with Gasteiger partial charge in [-0.3, -0.25) is 5.32 Å². The van der Waals surface area contributed by atoms with Gasteiger partial charge in [0.05, 0.1) is 7.11 Å². The van der Waals surface area contributed by atoms with Crippen molar-refractivity contribution in [2.75, 3.05) is 7.11 Å². The summed E-state index contributed by atoms with van der Waals surface area (Å²) in [4.78, 5) is 11.9. The second-order valence-electron chi connectivity index (χ2n) is 4.82. The molecule has 21 heavy (non-hydrogen) atoms. The zero-order chi connectivity index (χ0) is 15.2. The number of carbonyl (C=O) groups excluding carboxylic acids is 1. The van der Waals surface area contributed by atoms with Crippen LogP contribution in [-0.4, -0.2) is 13.1 Å². The van der Waals surface area contributed by atoms with Crippen LogP contribution in [0.25, 0.3) is 0 Å². The molecule has 0 aromatic heterocycles. The van der Waals surface area contributed by atoms with Gasteiger partial charge in [-0.05, 0) is 35.7 Å². The number of benzene rings is 2. The first-order chi connectivity index (χ1) is 10.1. The zero-order valence-electron chi connectivity index (χ0n) is 12.1. The van der Waals surface area contributed by atoms with Crippen molar-refractivity contribution in [3.8, 4) is 0 Å². The largest absolute Gasteiger partial charge is 0.468 e. The van der Waals surface area contributed by atoms with Gasteiger partial charge in [0, 0.05) is 6.54 Å². The molecule has 0 saturated heterocycles. The lowest BCUT2D eigenvalue weighted by Crippen LogP contribution is -2.29. The monoisotopic (exact) mass is 287 g/mol. The molecule has 0 radical (unpaired) electrons. The van der Waals surface area contributed by atoms with Crippen LogP contribution in [-0.2, 0) is 16.1 Å². The minimum atomic E-state index is -0.541. The van der Waals surface area contributed by atoms with Gasteiger partial charge in [0.25, 0.3) is 0 Å². The molecule has 0 aliphatic heterocycles. The topological polar surface area (TPSA) is 38.3 Å². The van der Waals surface area contributed by atoms with Gasteiger partial charge in [-0.25, -0.2) is 9.18 Å². The average molecular weight is 287 g/mol. The summed E-state index contributed by atoms with van der Waals surface area (Å²) in [6, 6.07) is 13.4. The third-order valence-corrected chi connectivity index (χ3v) is 3.37. The van der Waals surface area contributed by atoms with Crippen molar-refractivity contribution in [2.45, 2.75) is 19.5 Å². The summed E-state index contributed by atoms with van der Waals surface area (Å²) in [6.07, 6.45) is 0.